The Morgan fingerprint density at radius 2 is 2.00 bits per heavy atom. The van der Waals surface area contributed by atoms with Gasteiger partial charge < -0.3 is 10.2 Å². The van der Waals surface area contributed by atoms with Crippen molar-refractivity contribution in [1.29, 1.82) is 0 Å². The van der Waals surface area contributed by atoms with E-state index in [4.69, 9.17) is 0 Å². The Labute approximate surface area is 190 Å². The maximum atomic E-state index is 12.8. The van der Waals surface area contributed by atoms with Crippen LogP contribution in [0, 0.1) is 0 Å². The number of hydrogen-bond donors (Lipinski definition) is 1. The van der Waals surface area contributed by atoms with Gasteiger partial charge in [0.15, 0.2) is 0 Å². The molecule has 2 aromatic rings. The molecule has 0 spiro atoms. The van der Waals surface area contributed by atoms with Crippen LogP contribution in [0.15, 0.2) is 54.7 Å². The minimum Gasteiger partial charge on any atom is -0.339 e. The predicted octanol–water partition coefficient (Wildman–Crippen LogP) is 2.85. The van der Waals surface area contributed by atoms with Gasteiger partial charge in [0.25, 0.3) is 0 Å². The van der Waals surface area contributed by atoms with E-state index in [0.29, 0.717) is 25.5 Å². The maximum absolute atomic E-state index is 12.8. The second-order valence-electron chi connectivity index (χ2n) is 7.84. The Balaban J connectivity index is 1.42. The van der Waals surface area contributed by atoms with Crippen LogP contribution in [0.2, 0.25) is 0 Å². The lowest BCUT2D eigenvalue weighted by Crippen LogP contribution is -2.30. The first-order chi connectivity index (χ1) is 15.5. The van der Waals surface area contributed by atoms with Crippen molar-refractivity contribution in [1.82, 2.24) is 14.2 Å². The molecule has 0 bridgehead atoms. The van der Waals surface area contributed by atoms with Crippen molar-refractivity contribution in [2.45, 2.75) is 19.4 Å². The van der Waals surface area contributed by atoms with E-state index in [-0.39, 0.29) is 18.4 Å². The van der Waals surface area contributed by atoms with E-state index in [1.165, 1.54) is 11.1 Å². The minimum absolute atomic E-state index is 0.0350. The zero-order valence-electron chi connectivity index (χ0n) is 18.0. The molecule has 1 aromatic carbocycles. The molecule has 8 heteroatoms. The molecule has 4 rings (SSSR count). The Bertz CT molecular complexity index is 1100. The second-order valence-corrected chi connectivity index (χ2v) is 9.20. The summed E-state index contributed by atoms with van der Waals surface area (Å²) < 4.78 is 13.5. The number of amides is 2. The molecule has 1 N–H and O–H groups in total. The summed E-state index contributed by atoms with van der Waals surface area (Å²) in [5, 5.41) is 2.74. The molecule has 2 aliphatic heterocycles. The topological polar surface area (TPSA) is 82.6 Å². The number of carbonyl (C=O) groups is 2. The van der Waals surface area contributed by atoms with Gasteiger partial charge in [-0.2, -0.15) is 0 Å². The van der Waals surface area contributed by atoms with Gasteiger partial charge in [-0.25, -0.2) is 13.5 Å². The fourth-order valence-corrected chi connectivity index (χ4v) is 4.50. The quantitative estimate of drug-likeness (QED) is 0.727. The zero-order chi connectivity index (χ0) is 22.5. The third-order valence-corrected chi connectivity index (χ3v) is 6.58. The van der Waals surface area contributed by atoms with Gasteiger partial charge in [0.2, 0.25) is 11.8 Å². The Kier molecular flexibility index (Phi) is 6.92. The fourth-order valence-electron chi connectivity index (χ4n) is 3.88. The first kappa shape index (κ1) is 22.1. The van der Waals surface area contributed by atoms with E-state index < -0.39 is 11.0 Å². The van der Waals surface area contributed by atoms with Gasteiger partial charge in [-0.1, -0.05) is 36.4 Å². The number of anilines is 1. The lowest BCUT2D eigenvalue weighted by atomic mass is 10.0. The third kappa shape index (κ3) is 5.38. The number of fused-ring (bicyclic) bond motifs is 1. The molecule has 0 saturated carbocycles. The van der Waals surface area contributed by atoms with Gasteiger partial charge in [-0.05, 0) is 41.7 Å². The highest BCUT2D eigenvalue weighted by Crippen LogP contribution is 2.23. The number of hydrogen-bond acceptors (Lipinski definition) is 4. The normalized spacial score (nSPS) is 18.3. The summed E-state index contributed by atoms with van der Waals surface area (Å²) >= 11 is 0. The maximum Gasteiger partial charge on any atom is 0.246 e. The molecule has 0 aliphatic carbocycles. The van der Waals surface area contributed by atoms with Crippen LogP contribution in [0.3, 0.4) is 0 Å². The van der Waals surface area contributed by atoms with Crippen molar-refractivity contribution < 1.29 is 13.8 Å². The van der Waals surface area contributed by atoms with Gasteiger partial charge in [0.05, 0.1) is 17.5 Å². The summed E-state index contributed by atoms with van der Waals surface area (Å²) in [6.45, 7) is 1.76. The zero-order valence-corrected chi connectivity index (χ0v) is 18.8. The molecular weight excluding hydrogens is 424 g/mol. The first-order valence-electron chi connectivity index (χ1n) is 10.6. The monoisotopic (exact) mass is 450 g/mol. The molecule has 2 aliphatic rings. The Morgan fingerprint density at radius 3 is 2.78 bits per heavy atom. The van der Waals surface area contributed by atoms with E-state index in [2.05, 4.69) is 28.5 Å². The van der Waals surface area contributed by atoms with Crippen LogP contribution in [0.1, 0.15) is 29.5 Å². The Hall–Kier alpha value is -3.10. The molecule has 0 fully saturated rings. The molecule has 1 atom stereocenters. The van der Waals surface area contributed by atoms with Gasteiger partial charge in [0, 0.05) is 43.7 Å². The SMILES string of the molecule is CS(=O)N1CC(=O)Nc2ncc(/C=C/C(=O)N3CCC=C(c4ccccc4)CC3)cc2C1. The summed E-state index contributed by atoms with van der Waals surface area (Å²) in [7, 11) is -1.27. The van der Waals surface area contributed by atoms with Crippen LogP contribution < -0.4 is 5.32 Å². The number of benzene rings is 1. The van der Waals surface area contributed by atoms with Crippen LogP contribution >= 0.6 is 0 Å². The van der Waals surface area contributed by atoms with Crippen molar-refractivity contribution in [3.63, 3.8) is 0 Å². The highest BCUT2D eigenvalue weighted by Gasteiger charge is 2.22. The lowest BCUT2D eigenvalue weighted by molar-refractivity contribution is -0.125. The largest absolute Gasteiger partial charge is 0.339 e. The number of pyridine rings is 1. The van der Waals surface area contributed by atoms with E-state index in [1.807, 2.05) is 29.2 Å². The number of carbonyl (C=O) groups excluding carboxylic acids is 2. The van der Waals surface area contributed by atoms with Crippen LogP contribution in [-0.2, 0) is 27.1 Å². The van der Waals surface area contributed by atoms with Gasteiger partial charge in [-0.15, -0.1) is 0 Å². The van der Waals surface area contributed by atoms with Gasteiger partial charge in [0.1, 0.15) is 5.82 Å². The molecule has 0 radical (unpaired) electrons. The molecule has 3 heterocycles. The highest BCUT2D eigenvalue weighted by atomic mass is 32.2. The van der Waals surface area contributed by atoms with E-state index in [0.717, 1.165) is 24.0 Å². The predicted molar refractivity (Wildman–Crippen MR) is 127 cm³/mol. The smallest absolute Gasteiger partial charge is 0.246 e. The van der Waals surface area contributed by atoms with Crippen molar-refractivity contribution >= 4 is 40.3 Å². The molecule has 0 saturated heterocycles. The molecular formula is C24H26N4O3S. The first-order valence-corrected chi connectivity index (χ1v) is 12.1. The van der Waals surface area contributed by atoms with Crippen molar-refractivity contribution in [3.05, 3.63) is 71.4 Å². The van der Waals surface area contributed by atoms with Crippen molar-refractivity contribution in [2.24, 2.45) is 0 Å². The highest BCUT2D eigenvalue weighted by molar-refractivity contribution is 7.81. The Morgan fingerprint density at radius 1 is 1.19 bits per heavy atom. The van der Waals surface area contributed by atoms with Crippen LogP contribution in [0.25, 0.3) is 11.6 Å². The molecule has 1 aromatic heterocycles. The van der Waals surface area contributed by atoms with Gasteiger partial charge in [-0.3, -0.25) is 9.59 Å². The van der Waals surface area contributed by atoms with E-state index in [9.17, 15) is 13.8 Å². The number of aromatic nitrogens is 1. The molecule has 1 unspecified atom stereocenters. The van der Waals surface area contributed by atoms with Crippen molar-refractivity contribution in [3.8, 4) is 0 Å². The second kappa shape index (κ2) is 10.0. The standard InChI is InChI=1S/C24H26N4O3S/c1-32(31)28-16-21-14-18(15-25-24(21)26-22(29)17-28)9-10-23(30)27-12-5-8-20(11-13-27)19-6-3-2-4-7-19/h2-4,6-10,14-15H,5,11-13,16-17H2,1H3,(H,25,26,29)/b10-9+. The van der Waals surface area contributed by atoms with E-state index >= 15 is 0 Å². The number of nitrogens with zero attached hydrogens (tertiary/aromatic N) is 3. The van der Waals surface area contributed by atoms with Crippen LogP contribution in [-0.4, -0.2) is 56.1 Å². The average molecular weight is 451 g/mol. The number of nitrogens with one attached hydrogen (secondary N) is 1. The third-order valence-electron chi connectivity index (χ3n) is 5.59. The summed E-state index contributed by atoms with van der Waals surface area (Å²) in [4.78, 5) is 31.0. The summed E-state index contributed by atoms with van der Waals surface area (Å²) in [5.41, 5.74) is 4.02. The molecule has 7 nitrogen and oxygen atoms in total. The molecule has 2 amide bonds. The molecule has 166 valence electrons. The number of rotatable bonds is 4. The van der Waals surface area contributed by atoms with Gasteiger partial charge >= 0.3 is 0 Å². The summed E-state index contributed by atoms with van der Waals surface area (Å²) in [5.74, 6) is 0.195. The lowest BCUT2D eigenvalue weighted by Gasteiger charge is -2.18. The van der Waals surface area contributed by atoms with Crippen molar-refractivity contribution in [2.75, 3.05) is 31.2 Å². The summed E-state index contributed by atoms with van der Waals surface area (Å²) in [6, 6.07) is 12.1. The average Bonchev–Trinajstić information content (AvgIpc) is 3.14. The van der Waals surface area contributed by atoms with Crippen LogP contribution in [0.5, 0.6) is 0 Å². The molecule has 32 heavy (non-hydrogen) atoms. The fraction of sp³-hybridized carbons (Fsp3) is 0.292. The summed E-state index contributed by atoms with van der Waals surface area (Å²) in [6.07, 6.45) is 10.4. The van der Waals surface area contributed by atoms with Crippen LogP contribution in [0.4, 0.5) is 5.82 Å². The van der Waals surface area contributed by atoms with E-state index in [1.54, 1.807) is 28.9 Å². The minimum atomic E-state index is -1.27.